The fourth-order valence-corrected chi connectivity index (χ4v) is 2.17. The third-order valence-electron chi connectivity index (χ3n) is 3.49. The van der Waals surface area contributed by atoms with Gasteiger partial charge in [-0.1, -0.05) is 32.0 Å². The summed E-state index contributed by atoms with van der Waals surface area (Å²) in [7, 11) is 0. The van der Waals surface area contributed by atoms with E-state index in [1.807, 2.05) is 13.8 Å². The van der Waals surface area contributed by atoms with Crippen molar-refractivity contribution in [2.45, 2.75) is 40.2 Å². The zero-order chi connectivity index (χ0) is 17.7. The number of hydrogen-bond acceptors (Lipinski definition) is 5. The van der Waals surface area contributed by atoms with Crippen LogP contribution in [-0.2, 0) is 4.79 Å². The van der Waals surface area contributed by atoms with Crippen molar-refractivity contribution in [2.24, 2.45) is 5.92 Å². The molecule has 7 heteroatoms. The van der Waals surface area contributed by atoms with Gasteiger partial charge in [0.2, 0.25) is 11.8 Å². The standard InChI is InChI=1S/C17H22N4O3/c1-5-14(22)19-13-8-6-7-12(9-13)16(23)20-15(10(2)3)17-18-11(4)21-24-17/h6-10,15H,5H2,1-4H3,(H,19,22)(H,20,23)/t15-/m1/s1. The van der Waals surface area contributed by atoms with Gasteiger partial charge in [-0.2, -0.15) is 4.98 Å². The molecule has 0 aliphatic rings. The van der Waals surface area contributed by atoms with E-state index in [1.54, 1.807) is 38.1 Å². The van der Waals surface area contributed by atoms with Crippen molar-refractivity contribution in [3.05, 3.63) is 41.5 Å². The van der Waals surface area contributed by atoms with Gasteiger partial charge in [0.25, 0.3) is 5.91 Å². The first-order valence-corrected chi connectivity index (χ1v) is 7.91. The molecule has 0 fully saturated rings. The molecule has 0 saturated carbocycles. The number of amides is 2. The number of aromatic nitrogens is 2. The van der Waals surface area contributed by atoms with Crippen molar-refractivity contribution in [1.29, 1.82) is 0 Å². The molecule has 128 valence electrons. The molecule has 1 heterocycles. The van der Waals surface area contributed by atoms with Gasteiger partial charge in [-0.05, 0) is 31.0 Å². The Morgan fingerprint density at radius 3 is 2.62 bits per heavy atom. The molecule has 0 aliphatic heterocycles. The molecule has 0 unspecified atom stereocenters. The minimum absolute atomic E-state index is 0.0803. The second-order valence-corrected chi connectivity index (χ2v) is 5.86. The lowest BCUT2D eigenvalue weighted by molar-refractivity contribution is -0.115. The Hall–Kier alpha value is -2.70. The van der Waals surface area contributed by atoms with Crippen LogP contribution < -0.4 is 10.6 Å². The van der Waals surface area contributed by atoms with Crippen LogP contribution in [0.1, 0.15) is 55.3 Å². The first-order valence-electron chi connectivity index (χ1n) is 7.91. The maximum atomic E-state index is 12.5. The summed E-state index contributed by atoms with van der Waals surface area (Å²) in [6.07, 6.45) is 0.377. The fraction of sp³-hybridized carbons (Fsp3) is 0.412. The number of aryl methyl sites for hydroxylation is 1. The molecule has 1 aromatic carbocycles. The summed E-state index contributed by atoms with van der Waals surface area (Å²) in [5.41, 5.74) is 1.04. The average molecular weight is 330 g/mol. The summed E-state index contributed by atoms with van der Waals surface area (Å²) in [4.78, 5) is 28.2. The summed E-state index contributed by atoms with van der Waals surface area (Å²) in [5.74, 6) is 0.614. The zero-order valence-electron chi connectivity index (χ0n) is 14.3. The Morgan fingerprint density at radius 2 is 2.04 bits per heavy atom. The minimum atomic E-state index is -0.382. The lowest BCUT2D eigenvalue weighted by Gasteiger charge is -2.18. The monoisotopic (exact) mass is 330 g/mol. The summed E-state index contributed by atoms with van der Waals surface area (Å²) < 4.78 is 5.18. The van der Waals surface area contributed by atoms with Gasteiger partial charge in [0.05, 0.1) is 0 Å². The number of benzene rings is 1. The van der Waals surface area contributed by atoms with Crippen LogP contribution in [0.4, 0.5) is 5.69 Å². The number of carbonyl (C=O) groups excluding carboxylic acids is 2. The van der Waals surface area contributed by atoms with Crippen LogP contribution in [0.5, 0.6) is 0 Å². The van der Waals surface area contributed by atoms with Gasteiger partial charge in [-0.3, -0.25) is 9.59 Å². The number of anilines is 1. The highest BCUT2D eigenvalue weighted by atomic mass is 16.5. The smallest absolute Gasteiger partial charge is 0.252 e. The van der Waals surface area contributed by atoms with Crippen LogP contribution in [-0.4, -0.2) is 22.0 Å². The molecular weight excluding hydrogens is 308 g/mol. The number of hydrogen-bond donors (Lipinski definition) is 2. The van der Waals surface area contributed by atoms with Gasteiger partial charge in [-0.15, -0.1) is 0 Å². The van der Waals surface area contributed by atoms with Crippen LogP contribution in [0, 0.1) is 12.8 Å². The second-order valence-electron chi connectivity index (χ2n) is 5.86. The molecule has 7 nitrogen and oxygen atoms in total. The molecule has 0 aliphatic carbocycles. The molecule has 0 saturated heterocycles. The first kappa shape index (κ1) is 17.7. The SMILES string of the molecule is CCC(=O)Nc1cccc(C(=O)N[C@@H](c2nc(C)no2)C(C)C)c1. The topological polar surface area (TPSA) is 97.1 Å². The van der Waals surface area contributed by atoms with Crippen molar-refractivity contribution in [2.75, 3.05) is 5.32 Å². The Kier molecular flexibility index (Phi) is 5.68. The highest BCUT2D eigenvalue weighted by Gasteiger charge is 2.24. The van der Waals surface area contributed by atoms with Gasteiger partial charge in [0.15, 0.2) is 5.82 Å². The summed E-state index contributed by atoms with van der Waals surface area (Å²) in [5, 5.41) is 9.42. The maximum absolute atomic E-state index is 12.5. The molecule has 1 aromatic heterocycles. The maximum Gasteiger partial charge on any atom is 0.252 e. The van der Waals surface area contributed by atoms with Crippen molar-refractivity contribution < 1.29 is 14.1 Å². The van der Waals surface area contributed by atoms with Crippen molar-refractivity contribution in [1.82, 2.24) is 15.5 Å². The van der Waals surface area contributed by atoms with E-state index in [-0.39, 0.29) is 23.8 Å². The van der Waals surface area contributed by atoms with E-state index in [9.17, 15) is 9.59 Å². The molecule has 0 spiro atoms. The Balaban J connectivity index is 2.15. The van der Waals surface area contributed by atoms with Crippen molar-refractivity contribution in [3.8, 4) is 0 Å². The molecule has 1 atom stereocenters. The predicted molar refractivity (Wildman–Crippen MR) is 89.4 cm³/mol. The van der Waals surface area contributed by atoms with Gasteiger partial charge < -0.3 is 15.2 Å². The van der Waals surface area contributed by atoms with Gasteiger partial charge in [0, 0.05) is 17.7 Å². The lowest BCUT2D eigenvalue weighted by atomic mass is 10.0. The zero-order valence-corrected chi connectivity index (χ0v) is 14.3. The van der Waals surface area contributed by atoms with Gasteiger partial charge >= 0.3 is 0 Å². The third kappa shape index (κ3) is 4.41. The van der Waals surface area contributed by atoms with E-state index in [1.165, 1.54) is 0 Å². The van der Waals surface area contributed by atoms with Crippen LogP contribution in [0.3, 0.4) is 0 Å². The number of rotatable bonds is 6. The number of nitrogens with zero attached hydrogens (tertiary/aromatic N) is 2. The highest BCUT2D eigenvalue weighted by molar-refractivity contribution is 5.97. The fourth-order valence-electron chi connectivity index (χ4n) is 2.17. The van der Waals surface area contributed by atoms with Crippen LogP contribution >= 0.6 is 0 Å². The Bertz CT molecular complexity index is 724. The summed E-state index contributed by atoms with van der Waals surface area (Å²) >= 11 is 0. The van der Waals surface area contributed by atoms with Crippen molar-refractivity contribution >= 4 is 17.5 Å². The van der Waals surface area contributed by atoms with Gasteiger partial charge in [0.1, 0.15) is 6.04 Å². The third-order valence-corrected chi connectivity index (χ3v) is 3.49. The van der Waals surface area contributed by atoms with E-state index in [4.69, 9.17) is 4.52 Å². The Labute approximate surface area is 140 Å². The van der Waals surface area contributed by atoms with E-state index in [0.29, 0.717) is 29.4 Å². The van der Waals surface area contributed by atoms with E-state index >= 15 is 0 Å². The highest BCUT2D eigenvalue weighted by Crippen LogP contribution is 2.21. The quantitative estimate of drug-likeness (QED) is 0.849. The van der Waals surface area contributed by atoms with Crippen LogP contribution in [0.25, 0.3) is 0 Å². The van der Waals surface area contributed by atoms with E-state index < -0.39 is 0 Å². The van der Waals surface area contributed by atoms with E-state index in [2.05, 4.69) is 20.8 Å². The molecule has 2 N–H and O–H groups in total. The molecular formula is C17H22N4O3. The Morgan fingerprint density at radius 1 is 1.29 bits per heavy atom. The number of carbonyl (C=O) groups is 2. The second kappa shape index (κ2) is 7.72. The molecule has 2 aromatic rings. The molecule has 2 amide bonds. The summed E-state index contributed by atoms with van der Waals surface area (Å²) in [6.45, 7) is 7.42. The molecule has 0 bridgehead atoms. The molecule has 2 rings (SSSR count). The lowest BCUT2D eigenvalue weighted by Crippen LogP contribution is -2.32. The average Bonchev–Trinajstić information content (AvgIpc) is 2.98. The van der Waals surface area contributed by atoms with Gasteiger partial charge in [-0.25, -0.2) is 0 Å². The predicted octanol–water partition coefficient (Wildman–Crippen LogP) is 2.85. The van der Waals surface area contributed by atoms with Crippen LogP contribution in [0.15, 0.2) is 28.8 Å². The first-order chi connectivity index (χ1) is 11.4. The van der Waals surface area contributed by atoms with Crippen LogP contribution in [0.2, 0.25) is 0 Å². The van der Waals surface area contributed by atoms with E-state index in [0.717, 1.165) is 0 Å². The summed E-state index contributed by atoms with van der Waals surface area (Å²) in [6, 6.07) is 6.41. The largest absolute Gasteiger partial charge is 0.340 e. The van der Waals surface area contributed by atoms with Crippen molar-refractivity contribution in [3.63, 3.8) is 0 Å². The molecule has 24 heavy (non-hydrogen) atoms. The number of nitrogens with one attached hydrogen (secondary N) is 2. The normalized spacial score (nSPS) is 12.0. The minimum Gasteiger partial charge on any atom is -0.340 e. The molecule has 0 radical (unpaired) electrons.